The molecule has 1 unspecified atom stereocenters. The van der Waals surface area contributed by atoms with Gasteiger partial charge in [0.2, 0.25) is 0 Å². The maximum atomic E-state index is 3.78. The highest BCUT2D eigenvalue weighted by Crippen LogP contribution is 2.46. The number of benzene rings is 1. The van der Waals surface area contributed by atoms with Crippen molar-refractivity contribution in [2.45, 2.75) is 65.8 Å². The van der Waals surface area contributed by atoms with E-state index in [4.69, 9.17) is 0 Å². The number of nitrogens with one attached hydrogen (secondary N) is 1. The van der Waals surface area contributed by atoms with Crippen LogP contribution in [0, 0.1) is 19.3 Å². The molecule has 0 heterocycles. The number of rotatable bonds is 4. The van der Waals surface area contributed by atoms with Crippen LogP contribution in [0.3, 0.4) is 0 Å². The summed E-state index contributed by atoms with van der Waals surface area (Å²) in [5.41, 5.74) is 4.64. The minimum Gasteiger partial charge on any atom is -0.310 e. The molecule has 20 heavy (non-hydrogen) atoms. The van der Waals surface area contributed by atoms with Gasteiger partial charge in [-0.2, -0.15) is 0 Å². The van der Waals surface area contributed by atoms with Crippen molar-refractivity contribution in [1.82, 2.24) is 5.32 Å². The molecule has 0 amide bonds. The highest BCUT2D eigenvalue weighted by Gasteiger charge is 2.36. The van der Waals surface area contributed by atoms with E-state index in [1.807, 2.05) is 0 Å². The van der Waals surface area contributed by atoms with E-state index in [-0.39, 0.29) is 0 Å². The predicted molar refractivity (Wildman–Crippen MR) is 91.2 cm³/mol. The second kappa shape index (κ2) is 6.62. The Hall–Kier alpha value is -0.340. The van der Waals surface area contributed by atoms with Crippen LogP contribution in [0.25, 0.3) is 0 Å². The fourth-order valence-electron chi connectivity index (χ4n) is 3.70. The smallest absolute Gasteiger partial charge is 0.0377 e. The van der Waals surface area contributed by atoms with Gasteiger partial charge in [-0.25, -0.2) is 0 Å². The molecule has 112 valence electrons. The zero-order valence-corrected chi connectivity index (χ0v) is 14.9. The average molecular weight is 338 g/mol. The van der Waals surface area contributed by atoms with Crippen molar-refractivity contribution in [3.8, 4) is 0 Å². The van der Waals surface area contributed by atoms with Crippen LogP contribution < -0.4 is 5.32 Å². The summed E-state index contributed by atoms with van der Waals surface area (Å²) in [4.78, 5) is 0. The predicted octanol–water partition coefficient (Wildman–Crippen LogP) is 5.69. The van der Waals surface area contributed by atoms with Crippen molar-refractivity contribution in [1.29, 1.82) is 0 Å². The minimum absolute atomic E-state index is 0.402. The molecule has 0 aliphatic heterocycles. The molecule has 1 atom stereocenters. The van der Waals surface area contributed by atoms with Gasteiger partial charge in [0.1, 0.15) is 0 Å². The molecule has 0 spiro atoms. The van der Waals surface area contributed by atoms with Crippen molar-refractivity contribution in [2.75, 3.05) is 6.54 Å². The Morgan fingerprint density at radius 2 is 1.80 bits per heavy atom. The Morgan fingerprint density at radius 1 is 1.15 bits per heavy atom. The molecule has 1 aromatic rings. The van der Waals surface area contributed by atoms with Crippen LogP contribution in [0.15, 0.2) is 16.6 Å². The quantitative estimate of drug-likeness (QED) is 0.744. The lowest BCUT2D eigenvalue weighted by Crippen LogP contribution is -2.38. The van der Waals surface area contributed by atoms with Crippen LogP contribution in [0.1, 0.15) is 68.7 Å². The fraction of sp³-hybridized carbons (Fsp3) is 0.667. The first-order chi connectivity index (χ1) is 9.48. The molecule has 0 saturated heterocycles. The van der Waals surface area contributed by atoms with Crippen molar-refractivity contribution in [2.24, 2.45) is 5.41 Å². The van der Waals surface area contributed by atoms with E-state index in [2.05, 4.69) is 61.1 Å². The van der Waals surface area contributed by atoms with Gasteiger partial charge < -0.3 is 5.32 Å². The molecular formula is C18H28BrN. The number of hydrogen-bond donors (Lipinski definition) is 1. The maximum Gasteiger partial charge on any atom is 0.0377 e. The van der Waals surface area contributed by atoms with Gasteiger partial charge in [-0.3, -0.25) is 0 Å². The average Bonchev–Trinajstić information content (AvgIpc) is 2.41. The molecule has 1 fully saturated rings. The van der Waals surface area contributed by atoms with Crippen LogP contribution in [-0.4, -0.2) is 6.54 Å². The molecular weight excluding hydrogens is 310 g/mol. The third kappa shape index (κ3) is 3.28. The topological polar surface area (TPSA) is 12.0 Å². The Morgan fingerprint density at radius 3 is 2.40 bits per heavy atom. The second-order valence-electron chi connectivity index (χ2n) is 6.66. The van der Waals surface area contributed by atoms with Gasteiger partial charge in [-0.15, -0.1) is 0 Å². The van der Waals surface area contributed by atoms with Crippen LogP contribution >= 0.6 is 15.9 Å². The molecule has 1 aliphatic rings. The molecule has 1 saturated carbocycles. The minimum atomic E-state index is 0.402. The summed E-state index contributed by atoms with van der Waals surface area (Å²) < 4.78 is 1.22. The van der Waals surface area contributed by atoms with Crippen LogP contribution in [0.5, 0.6) is 0 Å². The zero-order valence-electron chi connectivity index (χ0n) is 13.4. The molecule has 0 radical (unpaired) electrons. The SMILES string of the molecule is CCNC(c1cc(C)c(Br)cc1C)C1(C)CCCCC1. The van der Waals surface area contributed by atoms with Crippen molar-refractivity contribution >= 4 is 15.9 Å². The third-order valence-electron chi connectivity index (χ3n) is 4.96. The Balaban J connectivity index is 2.40. The van der Waals surface area contributed by atoms with Gasteiger partial charge in [0.25, 0.3) is 0 Å². The van der Waals surface area contributed by atoms with E-state index in [1.165, 1.54) is 53.3 Å². The van der Waals surface area contributed by atoms with E-state index in [9.17, 15) is 0 Å². The Kier molecular flexibility index (Phi) is 5.30. The zero-order chi connectivity index (χ0) is 14.8. The highest BCUT2D eigenvalue weighted by molar-refractivity contribution is 9.10. The van der Waals surface area contributed by atoms with Gasteiger partial charge in [0, 0.05) is 10.5 Å². The Labute approximate surface area is 132 Å². The summed E-state index contributed by atoms with van der Waals surface area (Å²) in [7, 11) is 0. The van der Waals surface area contributed by atoms with Gasteiger partial charge in [-0.05, 0) is 61.4 Å². The molecule has 2 rings (SSSR count). The van der Waals surface area contributed by atoms with Gasteiger partial charge in [0.05, 0.1) is 0 Å². The molecule has 1 N–H and O–H groups in total. The fourth-order valence-corrected chi connectivity index (χ4v) is 4.16. The van der Waals surface area contributed by atoms with Crippen LogP contribution in [-0.2, 0) is 0 Å². The van der Waals surface area contributed by atoms with Gasteiger partial charge in [-0.1, -0.05) is 55.1 Å². The van der Waals surface area contributed by atoms with Crippen molar-refractivity contribution in [3.05, 3.63) is 33.3 Å². The molecule has 1 aliphatic carbocycles. The first kappa shape index (κ1) is 16.0. The summed E-state index contributed by atoms with van der Waals surface area (Å²) in [6, 6.07) is 5.15. The lowest BCUT2D eigenvalue weighted by Gasteiger charge is -2.42. The summed E-state index contributed by atoms with van der Waals surface area (Å²) in [5, 5.41) is 3.78. The number of aryl methyl sites for hydroxylation is 2. The number of halogens is 1. The maximum absolute atomic E-state index is 3.78. The molecule has 1 aromatic carbocycles. The first-order valence-electron chi connectivity index (χ1n) is 7.98. The summed E-state index contributed by atoms with van der Waals surface area (Å²) in [6.07, 6.45) is 6.87. The van der Waals surface area contributed by atoms with E-state index in [0.29, 0.717) is 11.5 Å². The molecule has 0 bridgehead atoms. The van der Waals surface area contributed by atoms with Crippen molar-refractivity contribution in [3.63, 3.8) is 0 Å². The van der Waals surface area contributed by atoms with Gasteiger partial charge >= 0.3 is 0 Å². The monoisotopic (exact) mass is 337 g/mol. The first-order valence-corrected chi connectivity index (χ1v) is 8.77. The number of hydrogen-bond acceptors (Lipinski definition) is 1. The van der Waals surface area contributed by atoms with E-state index >= 15 is 0 Å². The van der Waals surface area contributed by atoms with E-state index in [1.54, 1.807) is 0 Å². The Bertz CT molecular complexity index is 461. The van der Waals surface area contributed by atoms with Gasteiger partial charge in [0.15, 0.2) is 0 Å². The lowest BCUT2D eigenvalue weighted by atomic mass is 9.68. The van der Waals surface area contributed by atoms with Crippen molar-refractivity contribution < 1.29 is 0 Å². The second-order valence-corrected chi connectivity index (χ2v) is 7.52. The highest BCUT2D eigenvalue weighted by atomic mass is 79.9. The van der Waals surface area contributed by atoms with Crippen LogP contribution in [0.2, 0.25) is 0 Å². The molecule has 2 heteroatoms. The lowest BCUT2D eigenvalue weighted by molar-refractivity contribution is 0.145. The molecule has 0 aromatic heterocycles. The third-order valence-corrected chi connectivity index (χ3v) is 5.81. The van der Waals surface area contributed by atoms with E-state index in [0.717, 1.165) is 6.54 Å². The van der Waals surface area contributed by atoms with E-state index < -0.39 is 0 Å². The standard InChI is InChI=1S/C18H28BrN/c1-5-20-17(18(4)9-7-6-8-10-18)15-11-14(3)16(19)12-13(15)2/h11-12,17,20H,5-10H2,1-4H3. The summed E-state index contributed by atoms with van der Waals surface area (Å²) in [5.74, 6) is 0. The molecule has 1 nitrogen and oxygen atoms in total. The summed E-state index contributed by atoms with van der Waals surface area (Å²) >= 11 is 3.66. The summed E-state index contributed by atoms with van der Waals surface area (Å²) in [6.45, 7) is 10.2. The normalized spacial score (nSPS) is 19.9. The largest absolute Gasteiger partial charge is 0.310 e. The van der Waals surface area contributed by atoms with Crippen LogP contribution in [0.4, 0.5) is 0 Å².